The van der Waals surface area contributed by atoms with Crippen molar-refractivity contribution in [2.75, 3.05) is 6.54 Å². The number of fused-ring (bicyclic) bond motifs is 1. The molecule has 0 saturated heterocycles. The van der Waals surface area contributed by atoms with Gasteiger partial charge in [-0.2, -0.15) is 0 Å². The van der Waals surface area contributed by atoms with E-state index in [9.17, 15) is 0 Å². The largest absolute Gasteiger partial charge is 0.330 e. The van der Waals surface area contributed by atoms with Gasteiger partial charge in [-0.15, -0.1) is 0 Å². The summed E-state index contributed by atoms with van der Waals surface area (Å²) in [6.07, 6.45) is 2.30. The number of hydrogen-bond donors (Lipinski definition) is 1. The quantitative estimate of drug-likeness (QED) is 0.848. The van der Waals surface area contributed by atoms with Crippen LogP contribution in [0.15, 0.2) is 18.2 Å². The van der Waals surface area contributed by atoms with Crippen molar-refractivity contribution in [2.24, 2.45) is 11.7 Å². The first-order valence-electron chi connectivity index (χ1n) is 6.13. The van der Waals surface area contributed by atoms with Gasteiger partial charge in [0.15, 0.2) is 0 Å². The Hall–Kier alpha value is -0.530. The van der Waals surface area contributed by atoms with E-state index in [-0.39, 0.29) is 0 Å². The van der Waals surface area contributed by atoms with Gasteiger partial charge in [0, 0.05) is 5.02 Å². The van der Waals surface area contributed by atoms with Gasteiger partial charge >= 0.3 is 0 Å². The van der Waals surface area contributed by atoms with E-state index >= 15 is 0 Å². The molecule has 0 heterocycles. The molecule has 0 radical (unpaired) electrons. The van der Waals surface area contributed by atoms with Crippen molar-refractivity contribution < 1.29 is 0 Å². The van der Waals surface area contributed by atoms with Crippen LogP contribution in [0, 0.1) is 5.92 Å². The molecule has 0 aliphatic heterocycles. The summed E-state index contributed by atoms with van der Waals surface area (Å²) in [6.45, 7) is 5.33. The van der Waals surface area contributed by atoms with Gasteiger partial charge in [-0.1, -0.05) is 37.6 Å². The van der Waals surface area contributed by atoms with E-state index in [0.717, 1.165) is 18.0 Å². The first kappa shape index (κ1) is 11.9. The van der Waals surface area contributed by atoms with Crippen molar-refractivity contribution in [1.29, 1.82) is 0 Å². The van der Waals surface area contributed by atoms with Crippen LogP contribution in [0.5, 0.6) is 0 Å². The van der Waals surface area contributed by atoms with Gasteiger partial charge in [-0.05, 0) is 54.3 Å². The number of benzene rings is 1. The Morgan fingerprint density at radius 3 is 2.81 bits per heavy atom. The lowest BCUT2D eigenvalue weighted by molar-refractivity contribution is 0.457. The predicted molar refractivity (Wildman–Crippen MR) is 70.1 cm³/mol. The molecule has 2 heteroatoms. The maximum absolute atomic E-state index is 6.34. The van der Waals surface area contributed by atoms with Crippen molar-refractivity contribution in [2.45, 2.75) is 38.5 Å². The second kappa shape index (κ2) is 4.77. The minimum Gasteiger partial charge on any atom is -0.330 e. The molecule has 2 atom stereocenters. The maximum Gasteiger partial charge on any atom is 0.0443 e. The van der Waals surface area contributed by atoms with Gasteiger partial charge in [0.05, 0.1) is 0 Å². The molecule has 0 amide bonds. The van der Waals surface area contributed by atoms with E-state index in [4.69, 9.17) is 17.3 Å². The fourth-order valence-corrected chi connectivity index (χ4v) is 3.25. The average molecular weight is 238 g/mol. The zero-order valence-corrected chi connectivity index (χ0v) is 10.8. The summed E-state index contributed by atoms with van der Waals surface area (Å²) in [6, 6.07) is 6.30. The van der Waals surface area contributed by atoms with Crippen molar-refractivity contribution >= 4 is 11.6 Å². The van der Waals surface area contributed by atoms with Crippen molar-refractivity contribution in [3.63, 3.8) is 0 Å². The Morgan fingerprint density at radius 1 is 1.44 bits per heavy atom. The monoisotopic (exact) mass is 237 g/mol. The summed E-state index contributed by atoms with van der Waals surface area (Å²) in [5.41, 5.74) is 8.52. The number of rotatable bonds is 3. The normalized spacial score (nSPS) is 23.8. The van der Waals surface area contributed by atoms with Crippen LogP contribution in [0.1, 0.15) is 49.7 Å². The third kappa shape index (κ3) is 1.99. The number of halogens is 1. The summed E-state index contributed by atoms with van der Waals surface area (Å²) < 4.78 is 0. The van der Waals surface area contributed by atoms with Crippen LogP contribution in [0.4, 0.5) is 0 Å². The third-order valence-electron chi connectivity index (χ3n) is 3.76. The van der Waals surface area contributed by atoms with E-state index in [1.54, 1.807) is 0 Å². The van der Waals surface area contributed by atoms with Crippen LogP contribution in [-0.2, 0) is 0 Å². The van der Waals surface area contributed by atoms with Crippen molar-refractivity contribution in [1.82, 2.24) is 0 Å². The van der Waals surface area contributed by atoms with Crippen molar-refractivity contribution in [3.05, 3.63) is 34.3 Å². The van der Waals surface area contributed by atoms with E-state index in [0.29, 0.717) is 17.8 Å². The summed E-state index contributed by atoms with van der Waals surface area (Å²) >= 11 is 6.34. The molecule has 16 heavy (non-hydrogen) atoms. The lowest BCUT2D eigenvalue weighted by Crippen LogP contribution is -2.06. The molecular weight excluding hydrogens is 218 g/mol. The maximum atomic E-state index is 6.34. The minimum absolute atomic E-state index is 0.611. The molecule has 1 aliphatic rings. The lowest BCUT2D eigenvalue weighted by Gasteiger charge is -2.16. The first-order valence-corrected chi connectivity index (χ1v) is 6.51. The zero-order chi connectivity index (χ0) is 11.7. The third-order valence-corrected chi connectivity index (χ3v) is 4.09. The Morgan fingerprint density at radius 2 is 2.19 bits per heavy atom. The van der Waals surface area contributed by atoms with Crippen LogP contribution in [0.25, 0.3) is 0 Å². The van der Waals surface area contributed by atoms with Gasteiger partial charge in [-0.25, -0.2) is 0 Å². The fourth-order valence-electron chi connectivity index (χ4n) is 2.93. The van der Waals surface area contributed by atoms with Gasteiger partial charge in [-0.3, -0.25) is 0 Å². The molecule has 0 spiro atoms. The highest BCUT2D eigenvalue weighted by Gasteiger charge is 2.33. The molecule has 0 fully saturated rings. The molecule has 1 nitrogen and oxygen atoms in total. The van der Waals surface area contributed by atoms with Crippen LogP contribution < -0.4 is 5.73 Å². The van der Waals surface area contributed by atoms with E-state index in [2.05, 4.69) is 26.0 Å². The standard InChI is InChI=1S/C14H20ClN/c1-9(2)12-8-10(6-7-16)11-4-3-5-13(15)14(11)12/h3-5,9-10,12H,6-8,16H2,1-2H3. The second-order valence-corrected chi connectivity index (χ2v) is 5.51. The van der Waals surface area contributed by atoms with Crippen LogP contribution in [-0.4, -0.2) is 6.54 Å². The Kier molecular flexibility index (Phi) is 3.56. The van der Waals surface area contributed by atoms with Gasteiger partial charge in [0.25, 0.3) is 0 Å². The highest BCUT2D eigenvalue weighted by molar-refractivity contribution is 6.31. The summed E-state index contributed by atoms with van der Waals surface area (Å²) in [5, 5.41) is 0.940. The smallest absolute Gasteiger partial charge is 0.0443 e. The predicted octanol–water partition coefficient (Wildman–Crippen LogP) is 3.92. The van der Waals surface area contributed by atoms with E-state index < -0.39 is 0 Å². The van der Waals surface area contributed by atoms with Gasteiger partial charge in [0.1, 0.15) is 0 Å². The Bertz CT molecular complexity index is 373. The zero-order valence-electron chi connectivity index (χ0n) is 10.0. The second-order valence-electron chi connectivity index (χ2n) is 5.10. The number of hydrogen-bond acceptors (Lipinski definition) is 1. The minimum atomic E-state index is 0.611. The molecule has 0 bridgehead atoms. The van der Waals surface area contributed by atoms with Crippen LogP contribution in [0.3, 0.4) is 0 Å². The van der Waals surface area contributed by atoms with E-state index in [1.165, 1.54) is 17.5 Å². The Balaban J connectivity index is 2.40. The van der Waals surface area contributed by atoms with Crippen LogP contribution >= 0.6 is 11.6 Å². The summed E-state index contributed by atoms with van der Waals surface area (Å²) in [5.74, 6) is 1.88. The summed E-state index contributed by atoms with van der Waals surface area (Å²) in [4.78, 5) is 0. The molecule has 1 aliphatic carbocycles. The highest BCUT2D eigenvalue weighted by Crippen LogP contribution is 2.49. The van der Waals surface area contributed by atoms with Gasteiger partial charge < -0.3 is 5.73 Å². The highest BCUT2D eigenvalue weighted by atomic mass is 35.5. The van der Waals surface area contributed by atoms with Crippen molar-refractivity contribution in [3.8, 4) is 0 Å². The molecule has 2 rings (SSSR count). The van der Waals surface area contributed by atoms with Gasteiger partial charge in [0.2, 0.25) is 0 Å². The first-order chi connectivity index (χ1) is 7.65. The molecule has 0 saturated carbocycles. The molecule has 2 N–H and O–H groups in total. The number of nitrogens with two attached hydrogens (primary N) is 1. The molecule has 1 aromatic rings. The SMILES string of the molecule is CC(C)C1CC(CCN)c2cccc(Cl)c21. The molecule has 1 aromatic carbocycles. The molecular formula is C14H20ClN. The van der Waals surface area contributed by atoms with E-state index in [1.807, 2.05) is 6.07 Å². The average Bonchev–Trinajstić information content (AvgIpc) is 2.60. The van der Waals surface area contributed by atoms with Crippen LogP contribution in [0.2, 0.25) is 5.02 Å². The molecule has 0 aromatic heterocycles. The fraction of sp³-hybridized carbons (Fsp3) is 0.571. The summed E-state index contributed by atoms with van der Waals surface area (Å²) in [7, 11) is 0. The molecule has 2 unspecified atom stereocenters. The Labute approximate surface area is 103 Å². The lowest BCUT2D eigenvalue weighted by atomic mass is 9.89. The molecule has 88 valence electrons. The topological polar surface area (TPSA) is 26.0 Å².